The second-order valence-corrected chi connectivity index (χ2v) is 9.41. The van der Waals surface area contributed by atoms with E-state index in [4.69, 9.17) is 0 Å². The van der Waals surface area contributed by atoms with Gasteiger partial charge in [0.2, 0.25) is 0 Å². The van der Waals surface area contributed by atoms with Gasteiger partial charge >= 0.3 is 11.9 Å². The lowest BCUT2D eigenvalue weighted by atomic mass is 9.39. The van der Waals surface area contributed by atoms with Crippen molar-refractivity contribution in [3.05, 3.63) is 11.1 Å². The Hall–Kier alpha value is -1.32. The van der Waals surface area contributed by atoms with Crippen molar-refractivity contribution in [2.75, 3.05) is 0 Å². The lowest BCUT2D eigenvalue weighted by Crippen LogP contribution is -2.58. The Morgan fingerprint density at radius 3 is 1.75 bits per heavy atom. The van der Waals surface area contributed by atoms with E-state index >= 15 is 0 Å². The van der Waals surface area contributed by atoms with E-state index < -0.39 is 22.8 Å². The Morgan fingerprint density at radius 1 is 0.917 bits per heavy atom. The summed E-state index contributed by atoms with van der Waals surface area (Å²) in [6, 6.07) is 0. The molecule has 2 N–H and O–H groups in total. The molecule has 4 nitrogen and oxygen atoms in total. The van der Waals surface area contributed by atoms with Crippen LogP contribution in [0.25, 0.3) is 0 Å². The number of aliphatic carboxylic acids is 2. The summed E-state index contributed by atoms with van der Waals surface area (Å²) in [4.78, 5) is 24.1. The molecule has 2 bridgehead atoms. The molecule has 3 aliphatic carbocycles. The second-order valence-electron chi connectivity index (χ2n) is 9.41. The third kappa shape index (κ3) is 2.68. The predicted octanol–water partition coefficient (Wildman–Crippen LogP) is 4.74. The van der Waals surface area contributed by atoms with Crippen LogP contribution < -0.4 is 0 Å². The molecule has 2 atom stereocenters. The van der Waals surface area contributed by atoms with E-state index in [9.17, 15) is 19.8 Å². The molecule has 136 valence electrons. The van der Waals surface area contributed by atoms with E-state index in [2.05, 4.69) is 27.7 Å². The van der Waals surface area contributed by atoms with Crippen LogP contribution in [0.1, 0.15) is 73.6 Å². The fourth-order valence-electron chi connectivity index (χ4n) is 5.95. The van der Waals surface area contributed by atoms with Gasteiger partial charge in [0.1, 0.15) is 0 Å². The normalized spacial score (nSPS) is 31.8. The molecule has 1 saturated carbocycles. The van der Waals surface area contributed by atoms with E-state index in [1.165, 1.54) is 0 Å². The van der Waals surface area contributed by atoms with Crippen LogP contribution in [0, 0.1) is 28.1 Å². The van der Waals surface area contributed by atoms with Gasteiger partial charge in [-0.05, 0) is 49.4 Å². The zero-order valence-corrected chi connectivity index (χ0v) is 15.9. The number of rotatable bonds is 6. The van der Waals surface area contributed by atoms with Gasteiger partial charge in [-0.2, -0.15) is 0 Å². The predicted molar refractivity (Wildman–Crippen MR) is 93.7 cm³/mol. The first kappa shape index (κ1) is 19.0. The van der Waals surface area contributed by atoms with Crippen LogP contribution in [-0.4, -0.2) is 22.2 Å². The molecule has 3 aliphatic rings. The summed E-state index contributed by atoms with van der Waals surface area (Å²) < 4.78 is 0. The molecule has 1 fully saturated rings. The first-order valence-electron chi connectivity index (χ1n) is 9.10. The van der Waals surface area contributed by atoms with Gasteiger partial charge in [-0.15, -0.1) is 0 Å². The smallest absolute Gasteiger partial charge is 0.332 e. The maximum absolute atomic E-state index is 12.1. The van der Waals surface area contributed by atoms with Gasteiger partial charge in [0.15, 0.2) is 0 Å². The van der Waals surface area contributed by atoms with E-state index in [0.29, 0.717) is 11.8 Å². The van der Waals surface area contributed by atoms with Crippen LogP contribution in [0.2, 0.25) is 0 Å². The number of carbonyl (C=O) groups is 2. The monoisotopic (exact) mass is 336 g/mol. The molecule has 2 unspecified atom stereocenters. The Labute approximate surface area is 145 Å². The minimum atomic E-state index is -1.05. The number of carboxylic acid groups (broad SMARTS) is 2. The van der Waals surface area contributed by atoms with Gasteiger partial charge in [0.25, 0.3) is 0 Å². The Bertz CT molecular complexity index is 576. The molecule has 3 rings (SSSR count). The molecule has 0 aliphatic heterocycles. The average Bonchev–Trinajstić information content (AvgIpc) is 2.37. The molecule has 0 radical (unpaired) electrons. The van der Waals surface area contributed by atoms with Gasteiger partial charge in [-0.3, -0.25) is 0 Å². The summed E-state index contributed by atoms with van der Waals surface area (Å²) in [5, 5.41) is 19.7. The molecule has 0 amide bonds. The van der Waals surface area contributed by atoms with Crippen LogP contribution >= 0.6 is 0 Å². The van der Waals surface area contributed by atoms with Crippen LogP contribution in [0.3, 0.4) is 0 Å². The summed E-state index contributed by atoms with van der Waals surface area (Å²) in [6.45, 7) is 12.7. The fraction of sp³-hybridized carbons (Fsp3) is 0.800. The Balaban J connectivity index is 2.76. The van der Waals surface area contributed by atoms with Gasteiger partial charge in [-0.25, -0.2) is 9.59 Å². The van der Waals surface area contributed by atoms with Gasteiger partial charge in [-0.1, -0.05) is 41.5 Å². The van der Waals surface area contributed by atoms with E-state index in [0.717, 1.165) is 32.1 Å². The third-order valence-corrected chi connectivity index (χ3v) is 6.51. The maximum Gasteiger partial charge on any atom is 0.332 e. The highest BCUT2D eigenvalue weighted by Gasteiger charge is 2.64. The van der Waals surface area contributed by atoms with E-state index in [1.54, 1.807) is 0 Å². The molecule has 0 saturated heterocycles. The number of hydrogen-bond donors (Lipinski definition) is 2. The van der Waals surface area contributed by atoms with Crippen molar-refractivity contribution < 1.29 is 19.8 Å². The van der Waals surface area contributed by atoms with Gasteiger partial charge in [0, 0.05) is 10.8 Å². The molecule has 4 heteroatoms. The highest BCUT2D eigenvalue weighted by atomic mass is 16.4. The van der Waals surface area contributed by atoms with Crippen molar-refractivity contribution in [2.45, 2.75) is 73.6 Å². The largest absolute Gasteiger partial charge is 0.478 e. The fourth-order valence-corrected chi connectivity index (χ4v) is 5.95. The van der Waals surface area contributed by atoms with Crippen molar-refractivity contribution in [2.24, 2.45) is 28.1 Å². The molecule has 0 aromatic rings. The van der Waals surface area contributed by atoms with Crippen molar-refractivity contribution in [1.29, 1.82) is 0 Å². The van der Waals surface area contributed by atoms with Crippen molar-refractivity contribution in [3.8, 4) is 0 Å². The zero-order valence-electron chi connectivity index (χ0n) is 15.9. The lowest BCUT2D eigenvalue weighted by molar-refractivity contribution is -0.147. The summed E-state index contributed by atoms with van der Waals surface area (Å²) in [6.07, 6.45) is 4.20. The number of hydrogen-bond acceptors (Lipinski definition) is 2. The maximum atomic E-state index is 12.1. The lowest BCUT2D eigenvalue weighted by Gasteiger charge is -2.63. The van der Waals surface area contributed by atoms with Crippen LogP contribution in [-0.2, 0) is 9.59 Å². The molecule has 0 spiro atoms. The van der Waals surface area contributed by atoms with Crippen LogP contribution in [0.5, 0.6) is 0 Å². The molecule has 24 heavy (non-hydrogen) atoms. The van der Waals surface area contributed by atoms with Gasteiger partial charge < -0.3 is 10.2 Å². The average molecular weight is 336 g/mol. The SMILES string of the molecule is CC(C)CC1(CC(C)C)CC2(C)CCC1(C)C(C(=O)O)=C2C(=O)O. The highest BCUT2D eigenvalue weighted by Crippen LogP contribution is 2.70. The molecular weight excluding hydrogens is 304 g/mol. The molecule has 0 aromatic heterocycles. The standard InChI is InChI=1S/C20H32O4/c1-12(2)9-20(10-13(3)4)11-18(5)7-8-19(20,6)15(17(23)24)14(18)16(21)22/h12-13H,7-11H2,1-6H3,(H,21,22)(H,23,24). The molecule has 0 aromatic carbocycles. The van der Waals surface area contributed by atoms with Crippen molar-refractivity contribution in [3.63, 3.8) is 0 Å². The summed E-state index contributed by atoms with van der Waals surface area (Å²) in [5.41, 5.74) is -0.919. The zero-order chi connectivity index (χ0) is 18.5. The molecule has 0 heterocycles. The first-order chi connectivity index (χ1) is 10.9. The number of carboxylic acids is 2. The van der Waals surface area contributed by atoms with Crippen molar-refractivity contribution >= 4 is 11.9 Å². The highest BCUT2D eigenvalue weighted by molar-refractivity contribution is 6.01. The van der Waals surface area contributed by atoms with E-state index in [-0.39, 0.29) is 16.6 Å². The second kappa shape index (κ2) is 5.89. The van der Waals surface area contributed by atoms with Crippen molar-refractivity contribution in [1.82, 2.24) is 0 Å². The summed E-state index contributed by atoms with van der Waals surface area (Å²) in [7, 11) is 0. The first-order valence-corrected chi connectivity index (χ1v) is 9.10. The van der Waals surface area contributed by atoms with E-state index in [1.807, 2.05) is 13.8 Å². The Kier molecular flexibility index (Phi) is 4.66. The van der Waals surface area contributed by atoms with Crippen LogP contribution in [0.4, 0.5) is 0 Å². The Morgan fingerprint density at radius 2 is 1.38 bits per heavy atom. The minimum absolute atomic E-state index is 0.144. The van der Waals surface area contributed by atoms with Crippen LogP contribution in [0.15, 0.2) is 11.1 Å². The third-order valence-electron chi connectivity index (χ3n) is 6.51. The molecular formula is C20H32O4. The minimum Gasteiger partial charge on any atom is -0.478 e. The summed E-state index contributed by atoms with van der Waals surface area (Å²) >= 11 is 0. The van der Waals surface area contributed by atoms with Gasteiger partial charge in [0.05, 0.1) is 11.1 Å². The quantitative estimate of drug-likeness (QED) is 0.734. The summed E-state index contributed by atoms with van der Waals surface area (Å²) in [5.74, 6) is -1.19. The topological polar surface area (TPSA) is 74.6 Å². The number of fused-ring (bicyclic) bond motifs is 2.